The Bertz CT molecular complexity index is 6850. The number of primary amides is 8. The van der Waals surface area contributed by atoms with Crippen LogP contribution in [0, 0.1) is 0 Å². The van der Waals surface area contributed by atoms with E-state index in [4.69, 9.17) is 45.9 Å². The summed E-state index contributed by atoms with van der Waals surface area (Å²) in [6.07, 6.45) is -1.73. The number of amides is 8. The summed E-state index contributed by atoms with van der Waals surface area (Å²) in [7, 11) is -39.6. The van der Waals surface area contributed by atoms with Crippen LogP contribution < -0.4 is 88.4 Å². The number of sulfonamides is 4. The van der Waals surface area contributed by atoms with Gasteiger partial charge in [0.05, 0.1) is 31.0 Å². The molecule has 28 N–H and O–H groups in total. The van der Waals surface area contributed by atoms with Crippen molar-refractivity contribution < 1.29 is 124 Å². The van der Waals surface area contributed by atoms with Crippen molar-refractivity contribution in [1.29, 1.82) is 0 Å². The Morgan fingerprint density at radius 2 is 0.415 bits per heavy atom. The summed E-state index contributed by atoms with van der Waals surface area (Å²) in [6.45, 7) is -3.69. The second-order valence-electron chi connectivity index (χ2n) is 30.2. The molecule has 0 bridgehead atoms. The number of carbonyl (C=O) groups excluding carboxylic acids is 8. The average molecular weight is 2120 g/mol. The topological polar surface area (TPSA) is 885 Å². The van der Waals surface area contributed by atoms with Gasteiger partial charge < -0.3 is 88.4 Å². The highest BCUT2D eigenvalue weighted by atomic mass is 32.2. The zero-order valence-electron chi connectivity index (χ0n) is 73.6. The van der Waals surface area contributed by atoms with Crippen molar-refractivity contribution in [3.8, 4) is 0 Å². The normalized spacial score (nSPS) is 12.3. The van der Waals surface area contributed by atoms with E-state index in [2.05, 4.69) is 72.4 Å². The van der Waals surface area contributed by atoms with Crippen LogP contribution in [0.4, 0.5) is 92.6 Å². The van der Waals surface area contributed by atoms with Crippen LogP contribution in [0.1, 0.15) is 62.5 Å². The van der Waals surface area contributed by atoms with Crippen molar-refractivity contribution in [3.63, 3.8) is 0 Å². The van der Waals surface area contributed by atoms with Gasteiger partial charge in [0.25, 0.3) is 40.5 Å². The number of rotatable bonds is 54. The predicted molar refractivity (Wildman–Crippen MR) is 511 cm³/mol. The molecule has 756 valence electrons. The van der Waals surface area contributed by atoms with E-state index in [1.807, 2.05) is 0 Å². The number of nitrogens with one attached hydrogen (secondary N) is 8. The van der Waals surface area contributed by atoms with E-state index in [-0.39, 0.29) is 45.5 Å². The fraction of sp³-hybridized carbons (Fsp3) is 0.200. The van der Waals surface area contributed by atoms with Crippen LogP contribution in [-0.4, -0.2) is 232 Å². The third-order valence-electron chi connectivity index (χ3n) is 19.7. The van der Waals surface area contributed by atoms with Gasteiger partial charge in [-0.2, -0.15) is 80.8 Å². The Kier molecular flexibility index (Phi) is 35.2. The van der Waals surface area contributed by atoms with E-state index in [1.165, 1.54) is 84.9 Å². The molecule has 0 aliphatic carbocycles. The molecule has 0 atom stereocenters. The number of nitrogens with two attached hydrogens (primary N) is 8. The van der Waals surface area contributed by atoms with Crippen molar-refractivity contribution in [2.45, 2.75) is 90.5 Å². The van der Waals surface area contributed by atoms with Crippen LogP contribution in [0.25, 0.3) is 12.2 Å². The number of carbonyl (C=O) groups is 8. The molecule has 10 aromatic rings. The molecule has 0 saturated carbocycles. The molecular formula is C80H90N26O28S8. The van der Waals surface area contributed by atoms with Gasteiger partial charge in [-0.25, -0.2) is 33.7 Å². The highest BCUT2D eigenvalue weighted by Crippen LogP contribution is 2.37. The average Bonchev–Trinajstić information content (AvgIpc) is 0.778. The summed E-state index contributed by atoms with van der Waals surface area (Å²) in [5.74, 6) is -9.68. The monoisotopic (exact) mass is 2120 g/mol. The quantitative estimate of drug-likeness (QED) is 0.0192. The molecule has 2 aromatic heterocycles. The molecule has 8 amide bonds. The van der Waals surface area contributed by atoms with Gasteiger partial charge in [-0.15, -0.1) is 0 Å². The second-order valence-corrected chi connectivity index (χ2v) is 43.5. The number of hydrogen-bond donors (Lipinski definition) is 20. The lowest BCUT2D eigenvalue weighted by molar-refractivity contribution is -0.119. The van der Waals surface area contributed by atoms with Crippen molar-refractivity contribution in [1.82, 2.24) is 47.1 Å². The number of hydrogen-bond acceptors (Lipinski definition) is 38. The molecule has 0 radical (unpaired) electrons. The van der Waals surface area contributed by atoms with Crippen LogP contribution in [-0.2, 0) is 119 Å². The molecule has 142 heavy (non-hydrogen) atoms. The maximum atomic E-state index is 14.1. The Hall–Kier alpha value is -15.0. The third kappa shape index (κ3) is 30.7. The number of anilines is 16. The first kappa shape index (κ1) is 109. The molecule has 0 saturated heterocycles. The van der Waals surface area contributed by atoms with E-state index >= 15 is 0 Å². The Morgan fingerprint density at radius 3 is 0.606 bits per heavy atom. The number of benzene rings is 8. The van der Waals surface area contributed by atoms with Crippen LogP contribution in [0.15, 0.2) is 209 Å². The molecule has 0 spiro atoms. The number of aromatic nitrogens is 6. The molecule has 54 nitrogen and oxygen atoms in total. The maximum Gasteiger partial charge on any atom is 0.296 e. The Labute approximate surface area is 810 Å². The first-order valence-electron chi connectivity index (χ1n) is 40.9. The van der Waals surface area contributed by atoms with Crippen LogP contribution in [0.5, 0.6) is 0 Å². The minimum atomic E-state index is -5.36. The first-order chi connectivity index (χ1) is 66.4. The molecule has 62 heteroatoms. The summed E-state index contributed by atoms with van der Waals surface area (Å²) in [5, 5.41) is 21.9. The molecule has 0 aliphatic rings. The van der Waals surface area contributed by atoms with Gasteiger partial charge in [-0.3, -0.25) is 56.6 Å². The van der Waals surface area contributed by atoms with E-state index < -0.39 is 329 Å². The molecule has 2 heterocycles. The predicted octanol–water partition coefficient (Wildman–Crippen LogP) is 2.13. The lowest BCUT2D eigenvalue weighted by Crippen LogP contribution is -2.36. The van der Waals surface area contributed by atoms with Crippen molar-refractivity contribution in [3.05, 3.63) is 181 Å². The minimum Gasteiger partial charge on any atom is -0.370 e. The fourth-order valence-corrected chi connectivity index (χ4v) is 21.7. The van der Waals surface area contributed by atoms with Gasteiger partial charge in [0.15, 0.2) is 0 Å². The molecule has 0 fully saturated rings. The van der Waals surface area contributed by atoms with Gasteiger partial charge >= 0.3 is 0 Å². The minimum absolute atomic E-state index is 0.0518. The van der Waals surface area contributed by atoms with Crippen molar-refractivity contribution >= 4 is 233 Å². The second kappa shape index (κ2) is 45.9. The van der Waals surface area contributed by atoms with E-state index in [1.54, 1.807) is 0 Å². The zero-order valence-corrected chi connectivity index (χ0v) is 80.1. The van der Waals surface area contributed by atoms with Gasteiger partial charge in [-0.1, -0.05) is 48.6 Å². The zero-order chi connectivity index (χ0) is 104. The van der Waals surface area contributed by atoms with Crippen LogP contribution in [0.2, 0.25) is 0 Å². The Balaban J connectivity index is 0.937. The summed E-state index contributed by atoms with van der Waals surface area (Å²) < 4.78 is 265. The fourth-order valence-electron chi connectivity index (χ4n) is 13.0. The summed E-state index contributed by atoms with van der Waals surface area (Å²) in [5.41, 5.74) is 39.4. The molecule has 0 unspecified atom stereocenters. The van der Waals surface area contributed by atoms with Gasteiger partial charge in [-0.05, 0) is 145 Å². The highest BCUT2D eigenvalue weighted by Gasteiger charge is 2.33. The lowest BCUT2D eigenvalue weighted by Gasteiger charge is -2.21. The van der Waals surface area contributed by atoms with Crippen molar-refractivity contribution in [2.24, 2.45) is 45.9 Å². The molecule has 8 aromatic carbocycles. The van der Waals surface area contributed by atoms with E-state index in [9.17, 15) is 124 Å². The Morgan fingerprint density at radius 1 is 0.239 bits per heavy atom. The SMILES string of the molecule is NC(=O)CCN(CCC(N)=O)S(=O)(=O)c1cccc(Nc2nc(Nc3cccc(S(=O)(=O)N(CCC(N)=O)CCC(N)=O)c3)nc(Nc3ccc(Nc4ccc(/C=C/c5ccc(Nc6ccc(Nc7nc(Nc8cccc(S(=O)(=O)N(CCC(N)=O)CCC(N)=O)c8)nc(Nc8cccc(S(=O)(=O)N(CCC(N)=O)CCC(N)=O)c8)n7)cc6S(=O)(=O)O)cc5S(=O)(=O)O)c(S(=O)(=O)O)c4)c(S(=O)(=O)O)c3)n2)c1. The highest BCUT2D eigenvalue weighted by molar-refractivity contribution is 7.90. The summed E-state index contributed by atoms with van der Waals surface area (Å²) >= 11 is 0. The summed E-state index contributed by atoms with van der Waals surface area (Å²) in [6, 6.07) is 31.6. The molecule has 0 aliphatic heterocycles. The van der Waals surface area contributed by atoms with Crippen molar-refractivity contribution in [2.75, 3.05) is 94.9 Å². The van der Waals surface area contributed by atoms with Gasteiger partial charge in [0.1, 0.15) is 19.6 Å². The van der Waals surface area contributed by atoms with Gasteiger partial charge in [0, 0.05) is 149 Å². The smallest absolute Gasteiger partial charge is 0.296 e. The first-order valence-corrected chi connectivity index (χ1v) is 52.4. The summed E-state index contributed by atoms with van der Waals surface area (Å²) in [4.78, 5) is 115. The molecular weight excluding hydrogens is 2030 g/mol. The lowest BCUT2D eigenvalue weighted by atomic mass is 10.1. The van der Waals surface area contributed by atoms with E-state index in [0.717, 1.165) is 114 Å². The van der Waals surface area contributed by atoms with E-state index in [0.29, 0.717) is 0 Å². The van der Waals surface area contributed by atoms with Crippen LogP contribution >= 0.6 is 0 Å². The largest absolute Gasteiger partial charge is 0.370 e. The third-order valence-corrected chi connectivity index (χ3v) is 30.8. The number of nitrogens with zero attached hydrogens (tertiary/aromatic N) is 10. The van der Waals surface area contributed by atoms with Crippen LogP contribution in [0.3, 0.4) is 0 Å². The molecule has 10 rings (SSSR count). The van der Waals surface area contributed by atoms with Gasteiger partial charge in [0.2, 0.25) is 123 Å². The maximum absolute atomic E-state index is 14.1. The standard InChI is InChI=1S/C80H90N26O28S8/c81-67(107)23-31-103(32-24-68(82)108)135(115,116)57-9-1-5-49(39-57)91-75-97-76(92-50-6-2-10-58(40-50)136(117,118)104(33-25-69(83)109)34-26-70(84)110)100-79(99-75)95-55-19-21-61(65(45-55)141(129,130)131)89-53-17-15-47(63(43-53)139(123,124)125)13-14-48-16-18-54(44-64(48)140(126,127)128)90-62-22-20-56(46-66(62)142(132,133)134)96-80-101-77(93-51-7-3-11-59(41-51)137(119,120)105(35-27-71(85)111)36-28-72(86)112)98-78(102-80)94-52-8-4-12-60(42-52)138(121,122)106(37-29-73(87)113)38-30-74(88)114/h1-22,39-46,89-90H,23-38H2,(H2,81,107)(H2,82,108)(H2,83,109)(H2,84,110)(H2,85,111)(H2,86,112)(H2,87,113)(H2,88,114)(H,123,124,125)(H,126,127,128)(H,129,130,131)(H,132,133,134)(H3,91,92,95,97,99,100)(H3,93,94,96,98,101,102)/b14-13+.